The van der Waals surface area contributed by atoms with Crippen LogP contribution in [0.4, 0.5) is 0 Å². The Bertz CT molecular complexity index is 23.0. The van der Waals surface area contributed by atoms with Gasteiger partial charge in [-0.15, -0.1) is 0 Å². The Kier molecular flexibility index (Phi) is 6.99. The molecule has 34 valence electrons. The van der Waals surface area contributed by atoms with Crippen molar-refractivity contribution >= 4 is 69.5 Å². The minimum Gasteiger partial charge on any atom is -0.0664 e. The summed E-state index contributed by atoms with van der Waals surface area (Å²) in [5.74, 6) is 0. The van der Waals surface area contributed by atoms with Gasteiger partial charge in [0.25, 0.3) is 3.25 Å². The van der Waals surface area contributed by atoms with Gasteiger partial charge in [0.1, 0.15) is 0 Å². The SMILES string of the molecule is ClC(Cl)(Cl)Cl.[Mg]. The first-order valence-corrected chi connectivity index (χ1v) is 2.27. The van der Waals surface area contributed by atoms with E-state index >= 15 is 0 Å². The summed E-state index contributed by atoms with van der Waals surface area (Å²) in [5.41, 5.74) is 0. The molecule has 0 aliphatic rings. The number of hydrogen-bond donors (Lipinski definition) is 0. The van der Waals surface area contributed by atoms with Crippen LogP contribution in [0.2, 0.25) is 0 Å². The average molecular weight is 178 g/mol. The second-order valence-corrected chi connectivity index (χ2v) is 3.86. The fraction of sp³-hybridized carbons (Fsp3) is 1.00. The van der Waals surface area contributed by atoms with E-state index < -0.39 is 3.25 Å². The lowest BCUT2D eigenvalue weighted by Crippen LogP contribution is -1.81. The van der Waals surface area contributed by atoms with Gasteiger partial charge in [-0.3, -0.25) is 0 Å². The smallest absolute Gasteiger partial charge is 0.0664 e. The molecule has 0 nitrogen and oxygen atoms in total. The van der Waals surface area contributed by atoms with Crippen LogP contribution >= 0.6 is 46.4 Å². The normalized spacial score (nSPS) is 10.0. The van der Waals surface area contributed by atoms with Crippen LogP contribution in [0.3, 0.4) is 0 Å². The zero-order valence-corrected chi connectivity index (χ0v) is 7.16. The van der Waals surface area contributed by atoms with Crippen molar-refractivity contribution in [2.45, 2.75) is 3.25 Å². The third-order valence-electron chi connectivity index (χ3n) is 0. The van der Waals surface area contributed by atoms with Gasteiger partial charge in [0.15, 0.2) is 0 Å². The Balaban J connectivity index is 0. The van der Waals surface area contributed by atoms with Crippen molar-refractivity contribution in [2.24, 2.45) is 0 Å². The van der Waals surface area contributed by atoms with Crippen LogP contribution in [0.1, 0.15) is 0 Å². The topological polar surface area (TPSA) is 0 Å². The molecule has 0 amide bonds. The van der Waals surface area contributed by atoms with Crippen LogP contribution in [0.5, 0.6) is 0 Å². The van der Waals surface area contributed by atoms with Gasteiger partial charge < -0.3 is 0 Å². The molecule has 6 heavy (non-hydrogen) atoms. The first-order chi connectivity index (χ1) is 2.00. The van der Waals surface area contributed by atoms with Gasteiger partial charge in [0.05, 0.1) is 0 Å². The van der Waals surface area contributed by atoms with Crippen molar-refractivity contribution in [3.8, 4) is 0 Å². The maximum absolute atomic E-state index is 4.83. The maximum atomic E-state index is 4.83. The summed E-state index contributed by atoms with van der Waals surface area (Å²) in [5, 5.41) is 0. The van der Waals surface area contributed by atoms with Gasteiger partial charge in [-0.1, -0.05) is 46.4 Å². The van der Waals surface area contributed by atoms with E-state index in [1.165, 1.54) is 0 Å². The second-order valence-electron chi connectivity index (χ2n) is 0.429. The van der Waals surface area contributed by atoms with Gasteiger partial charge in [-0.05, 0) is 0 Å². The molecule has 0 N–H and O–H groups in total. The van der Waals surface area contributed by atoms with Crippen LogP contribution < -0.4 is 0 Å². The Morgan fingerprint density at radius 3 is 0.833 bits per heavy atom. The molecule has 2 radical (unpaired) electrons. The van der Waals surface area contributed by atoms with Gasteiger partial charge in [0, 0.05) is 23.1 Å². The number of alkyl halides is 4. The average Bonchev–Trinajstić information content (AvgIpc) is 0.722. The van der Waals surface area contributed by atoms with Gasteiger partial charge in [-0.2, -0.15) is 0 Å². The molecule has 0 saturated carbocycles. The highest BCUT2D eigenvalue weighted by Crippen LogP contribution is 2.29. The third-order valence-corrected chi connectivity index (χ3v) is 0. The van der Waals surface area contributed by atoms with Crippen molar-refractivity contribution in [1.82, 2.24) is 0 Å². The molecule has 0 unspecified atom stereocenters. The molecular weight excluding hydrogens is 178 g/mol. The first kappa shape index (κ1) is 10.8. The molecule has 0 aromatic carbocycles. The summed E-state index contributed by atoms with van der Waals surface area (Å²) in [6, 6.07) is 0. The van der Waals surface area contributed by atoms with E-state index in [1.807, 2.05) is 0 Å². The highest BCUT2D eigenvalue weighted by Gasteiger charge is 2.11. The van der Waals surface area contributed by atoms with Crippen LogP contribution in [0.25, 0.3) is 0 Å². The molecule has 0 spiro atoms. The molecule has 0 bridgehead atoms. The molecule has 0 saturated heterocycles. The molecule has 0 aliphatic heterocycles. The summed E-state index contributed by atoms with van der Waals surface area (Å²) in [6.45, 7) is 0. The molecule has 0 heterocycles. The summed E-state index contributed by atoms with van der Waals surface area (Å²) in [4.78, 5) is 0. The molecular formula is CCl4Mg. The quantitative estimate of drug-likeness (QED) is 0.394. The van der Waals surface area contributed by atoms with Crippen molar-refractivity contribution in [2.75, 3.05) is 0 Å². The van der Waals surface area contributed by atoms with Crippen LogP contribution in [0, 0.1) is 0 Å². The lowest BCUT2D eigenvalue weighted by atomic mass is 11.8. The van der Waals surface area contributed by atoms with E-state index in [9.17, 15) is 0 Å². The fourth-order valence-electron chi connectivity index (χ4n) is 0. The van der Waals surface area contributed by atoms with Crippen LogP contribution in [0.15, 0.2) is 0 Å². The monoisotopic (exact) mass is 176 g/mol. The predicted molar refractivity (Wildman–Crippen MR) is 31.9 cm³/mol. The van der Waals surface area contributed by atoms with Crippen molar-refractivity contribution in [1.29, 1.82) is 0 Å². The molecule has 0 fully saturated rings. The lowest BCUT2D eigenvalue weighted by molar-refractivity contribution is 1.76. The molecule has 5 heteroatoms. The van der Waals surface area contributed by atoms with Gasteiger partial charge in [-0.25, -0.2) is 0 Å². The van der Waals surface area contributed by atoms with Crippen molar-refractivity contribution < 1.29 is 0 Å². The Labute approximate surface area is 72.2 Å². The zero-order chi connectivity index (χ0) is 4.50. The molecule has 0 atom stereocenters. The molecule has 0 aromatic heterocycles. The first-order valence-electron chi connectivity index (χ1n) is 0.756. The number of halogens is 4. The summed E-state index contributed by atoms with van der Waals surface area (Å²) in [7, 11) is 0. The largest absolute Gasteiger partial charge is 0.266 e. The van der Waals surface area contributed by atoms with E-state index in [-0.39, 0.29) is 23.1 Å². The second kappa shape index (κ2) is 3.87. The fourth-order valence-corrected chi connectivity index (χ4v) is 0. The van der Waals surface area contributed by atoms with E-state index in [1.54, 1.807) is 0 Å². The Morgan fingerprint density at radius 1 is 0.833 bits per heavy atom. The maximum Gasteiger partial charge on any atom is 0.266 e. The minimum absolute atomic E-state index is 0. The number of rotatable bonds is 0. The highest BCUT2D eigenvalue weighted by atomic mass is 35.6. The summed E-state index contributed by atoms with van der Waals surface area (Å²) in [6.07, 6.45) is 0. The molecule has 0 aliphatic carbocycles. The number of hydrogen-bond acceptors (Lipinski definition) is 0. The third kappa shape index (κ3) is 38.8. The Hall–Kier alpha value is 1.93. The summed E-state index contributed by atoms with van der Waals surface area (Å²) >= 11 is 19.3. The van der Waals surface area contributed by atoms with Gasteiger partial charge >= 0.3 is 0 Å². The standard InChI is InChI=1S/CCl4.Mg/c2-1(3,4)5;. The van der Waals surface area contributed by atoms with Crippen molar-refractivity contribution in [3.63, 3.8) is 0 Å². The van der Waals surface area contributed by atoms with E-state index in [0.717, 1.165) is 0 Å². The van der Waals surface area contributed by atoms with Crippen LogP contribution in [-0.2, 0) is 0 Å². The summed E-state index contributed by atoms with van der Waals surface area (Å²) < 4.78 is -1.61. The minimum atomic E-state index is -1.61. The molecule has 0 aromatic rings. The van der Waals surface area contributed by atoms with E-state index in [4.69, 9.17) is 46.4 Å². The van der Waals surface area contributed by atoms with Gasteiger partial charge in [0.2, 0.25) is 0 Å². The molecule has 0 rings (SSSR count). The van der Waals surface area contributed by atoms with E-state index in [0.29, 0.717) is 0 Å². The lowest BCUT2D eigenvalue weighted by Gasteiger charge is -1.91. The Morgan fingerprint density at radius 2 is 0.833 bits per heavy atom. The zero-order valence-electron chi connectivity index (χ0n) is 2.72. The predicted octanol–water partition coefficient (Wildman–Crippen LogP) is 2.17. The van der Waals surface area contributed by atoms with Crippen LogP contribution in [-0.4, -0.2) is 26.3 Å². The highest BCUT2D eigenvalue weighted by molar-refractivity contribution is 6.83. The van der Waals surface area contributed by atoms with Crippen molar-refractivity contribution in [3.05, 3.63) is 0 Å². The van der Waals surface area contributed by atoms with E-state index in [2.05, 4.69) is 0 Å².